The fourth-order valence-electron chi connectivity index (χ4n) is 2.08. The standard InChI is InChI=1S/C15H23NO3/c1-10(2)8-15(4,19)9-16-14(18)12-6-5-11(3)13(17)7-12/h5-7,10,17,19H,8-9H2,1-4H3,(H,16,18). The van der Waals surface area contributed by atoms with Gasteiger partial charge >= 0.3 is 0 Å². The molecule has 1 unspecified atom stereocenters. The average molecular weight is 265 g/mol. The maximum Gasteiger partial charge on any atom is 0.251 e. The fraction of sp³-hybridized carbons (Fsp3) is 0.533. The van der Waals surface area contributed by atoms with E-state index in [0.29, 0.717) is 17.9 Å². The molecule has 1 rings (SSSR count). The van der Waals surface area contributed by atoms with E-state index in [1.165, 1.54) is 6.07 Å². The molecule has 1 aromatic carbocycles. The number of amides is 1. The Morgan fingerprint density at radius 2 is 2.05 bits per heavy atom. The quantitative estimate of drug-likeness (QED) is 0.764. The van der Waals surface area contributed by atoms with E-state index >= 15 is 0 Å². The van der Waals surface area contributed by atoms with Crippen LogP contribution in [-0.4, -0.2) is 28.3 Å². The molecule has 4 heteroatoms. The van der Waals surface area contributed by atoms with Crippen LogP contribution in [0.1, 0.15) is 43.1 Å². The fourth-order valence-corrected chi connectivity index (χ4v) is 2.08. The molecular formula is C15H23NO3. The van der Waals surface area contributed by atoms with Gasteiger partial charge in [-0.3, -0.25) is 4.79 Å². The molecule has 3 N–H and O–H groups in total. The van der Waals surface area contributed by atoms with E-state index in [0.717, 1.165) is 5.56 Å². The van der Waals surface area contributed by atoms with Crippen molar-refractivity contribution in [3.63, 3.8) is 0 Å². The normalized spacial score (nSPS) is 14.2. The first kappa shape index (κ1) is 15.5. The highest BCUT2D eigenvalue weighted by molar-refractivity contribution is 5.94. The molecule has 0 aliphatic carbocycles. The van der Waals surface area contributed by atoms with Crippen LogP contribution in [0.5, 0.6) is 5.75 Å². The molecule has 106 valence electrons. The van der Waals surface area contributed by atoms with Crippen molar-refractivity contribution in [3.8, 4) is 5.75 Å². The molecule has 0 aromatic heterocycles. The molecule has 0 radical (unpaired) electrons. The van der Waals surface area contributed by atoms with Crippen molar-refractivity contribution < 1.29 is 15.0 Å². The number of nitrogens with one attached hydrogen (secondary N) is 1. The Morgan fingerprint density at radius 3 is 2.58 bits per heavy atom. The van der Waals surface area contributed by atoms with E-state index in [4.69, 9.17) is 0 Å². The van der Waals surface area contributed by atoms with Gasteiger partial charge in [0.1, 0.15) is 5.75 Å². The SMILES string of the molecule is Cc1ccc(C(=O)NCC(C)(O)CC(C)C)cc1O. The maximum absolute atomic E-state index is 11.9. The van der Waals surface area contributed by atoms with Crippen LogP contribution in [0.25, 0.3) is 0 Å². The lowest BCUT2D eigenvalue weighted by Gasteiger charge is -2.25. The highest BCUT2D eigenvalue weighted by atomic mass is 16.3. The molecule has 0 heterocycles. The number of phenols is 1. The summed E-state index contributed by atoms with van der Waals surface area (Å²) in [6, 6.07) is 4.78. The molecule has 1 atom stereocenters. The highest BCUT2D eigenvalue weighted by Crippen LogP contribution is 2.18. The van der Waals surface area contributed by atoms with E-state index < -0.39 is 5.60 Å². The molecule has 4 nitrogen and oxygen atoms in total. The van der Waals surface area contributed by atoms with E-state index in [-0.39, 0.29) is 18.2 Å². The number of aliphatic hydroxyl groups is 1. The van der Waals surface area contributed by atoms with Crippen LogP contribution in [0.3, 0.4) is 0 Å². The Balaban J connectivity index is 2.62. The monoisotopic (exact) mass is 265 g/mol. The summed E-state index contributed by atoms with van der Waals surface area (Å²) in [6.07, 6.45) is 0.617. The number of hydrogen-bond donors (Lipinski definition) is 3. The largest absolute Gasteiger partial charge is 0.508 e. The Hall–Kier alpha value is -1.55. The second-order valence-corrected chi connectivity index (χ2v) is 5.78. The van der Waals surface area contributed by atoms with Gasteiger partial charge in [-0.2, -0.15) is 0 Å². The summed E-state index contributed by atoms with van der Waals surface area (Å²) in [5.74, 6) is 0.163. The van der Waals surface area contributed by atoms with Crippen molar-refractivity contribution in [1.82, 2.24) is 5.32 Å². The average Bonchev–Trinajstić information content (AvgIpc) is 2.28. The molecule has 0 saturated heterocycles. The first-order valence-corrected chi connectivity index (χ1v) is 6.51. The minimum absolute atomic E-state index is 0.0987. The number of hydrogen-bond acceptors (Lipinski definition) is 3. The Morgan fingerprint density at radius 1 is 1.42 bits per heavy atom. The number of rotatable bonds is 5. The van der Waals surface area contributed by atoms with Crippen LogP contribution in [0.2, 0.25) is 0 Å². The predicted molar refractivity (Wildman–Crippen MR) is 75.3 cm³/mol. The lowest BCUT2D eigenvalue weighted by Crippen LogP contribution is -2.41. The number of benzene rings is 1. The zero-order chi connectivity index (χ0) is 14.6. The van der Waals surface area contributed by atoms with Gasteiger partial charge in [-0.1, -0.05) is 19.9 Å². The summed E-state index contributed by atoms with van der Waals surface area (Å²) in [5, 5.41) is 22.4. The Kier molecular flexibility index (Phi) is 4.95. The molecule has 19 heavy (non-hydrogen) atoms. The van der Waals surface area contributed by atoms with Gasteiger partial charge in [0.25, 0.3) is 5.91 Å². The van der Waals surface area contributed by atoms with Crippen LogP contribution in [0, 0.1) is 12.8 Å². The number of carbonyl (C=O) groups is 1. The van der Waals surface area contributed by atoms with Crippen LogP contribution in [0.15, 0.2) is 18.2 Å². The van der Waals surface area contributed by atoms with Gasteiger partial charge in [0.2, 0.25) is 0 Å². The predicted octanol–water partition coefficient (Wildman–Crippen LogP) is 2.23. The molecule has 0 fully saturated rings. The lowest BCUT2D eigenvalue weighted by molar-refractivity contribution is 0.0368. The first-order chi connectivity index (χ1) is 8.71. The van der Waals surface area contributed by atoms with E-state index in [2.05, 4.69) is 5.32 Å². The summed E-state index contributed by atoms with van der Waals surface area (Å²) >= 11 is 0. The third-order valence-electron chi connectivity index (χ3n) is 2.95. The zero-order valence-electron chi connectivity index (χ0n) is 12.0. The van der Waals surface area contributed by atoms with Crippen LogP contribution >= 0.6 is 0 Å². The number of aryl methyl sites for hydroxylation is 1. The summed E-state index contributed by atoms with van der Waals surface area (Å²) in [7, 11) is 0. The molecule has 0 aliphatic rings. The molecule has 0 bridgehead atoms. The van der Waals surface area contributed by atoms with Gasteiger partial charge in [-0.15, -0.1) is 0 Å². The third-order valence-corrected chi connectivity index (χ3v) is 2.95. The summed E-state index contributed by atoms with van der Waals surface area (Å²) in [4.78, 5) is 11.9. The Labute approximate surface area is 114 Å². The zero-order valence-corrected chi connectivity index (χ0v) is 12.0. The van der Waals surface area contributed by atoms with Gasteiger partial charge < -0.3 is 15.5 Å². The second kappa shape index (κ2) is 6.06. The second-order valence-electron chi connectivity index (χ2n) is 5.78. The lowest BCUT2D eigenvalue weighted by atomic mass is 9.94. The number of phenolic OH excluding ortho intramolecular Hbond substituents is 1. The Bertz CT molecular complexity index is 453. The molecule has 0 saturated carbocycles. The first-order valence-electron chi connectivity index (χ1n) is 6.51. The topological polar surface area (TPSA) is 69.6 Å². The van der Waals surface area contributed by atoms with Crippen molar-refractivity contribution in [2.24, 2.45) is 5.92 Å². The maximum atomic E-state index is 11.9. The smallest absolute Gasteiger partial charge is 0.251 e. The van der Waals surface area contributed by atoms with Gasteiger partial charge in [-0.05, 0) is 43.9 Å². The summed E-state index contributed by atoms with van der Waals surface area (Å²) < 4.78 is 0. The highest BCUT2D eigenvalue weighted by Gasteiger charge is 2.22. The molecular weight excluding hydrogens is 242 g/mol. The summed E-state index contributed by atoms with van der Waals surface area (Å²) in [5.41, 5.74) is 0.197. The molecule has 0 spiro atoms. The molecule has 0 aliphatic heterocycles. The molecule has 1 amide bonds. The van der Waals surface area contributed by atoms with Gasteiger partial charge in [0.15, 0.2) is 0 Å². The van der Waals surface area contributed by atoms with Crippen LogP contribution < -0.4 is 5.32 Å². The van der Waals surface area contributed by atoms with Gasteiger partial charge in [0.05, 0.1) is 5.60 Å². The summed E-state index contributed by atoms with van der Waals surface area (Å²) in [6.45, 7) is 7.71. The van der Waals surface area contributed by atoms with Crippen molar-refractivity contribution in [2.45, 2.75) is 39.7 Å². The third kappa shape index (κ3) is 4.91. The minimum atomic E-state index is -0.920. The van der Waals surface area contributed by atoms with Crippen molar-refractivity contribution in [2.75, 3.05) is 6.54 Å². The van der Waals surface area contributed by atoms with Crippen molar-refractivity contribution in [3.05, 3.63) is 29.3 Å². The van der Waals surface area contributed by atoms with Crippen molar-refractivity contribution in [1.29, 1.82) is 0 Å². The molecule has 1 aromatic rings. The number of carbonyl (C=O) groups excluding carboxylic acids is 1. The van der Waals surface area contributed by atoms with Crippen molar-refractivity contribution >= 4 is 5.91 Å². The van der Waals surface area contributed by atoms with Gasteiger partial charge in [0, 0.05) is 12.1 Å². The van der Waals surface area contributed by atoms with E-state index in [1.807, 2.05) is 13.8 Å². The van der Waals surface area contributed by atoms with Crippen LogP contribution in [-0.2, 0) is 0 Å². The van der Waals surface area contributed by atoms with Gasteiger partial charge in [-0.25, -0.2) is 0 Å². The minimum Gasteiger partial charge on any atom is -0.508 e. The van der Waals surface area contributed by atoms with E-state index in [9.17, 15) is 15.0 Å². The number of aromatic hydroxyl groups is 1. The van der Waals surface area contributed by atoms with Crippen LogP contribution in [0.4, 0.5) is 0 Å². The van der Waals surface area contributed by atoms with E-state index in [1.54, 1.807) is 26.0 Å².